The van der Waals surface area contributed by atoms with E-state index in [1.54, 1.807) is 24.4 Å². The van der Waals surface area contributed by atoms with E-state index in [1.807, 2.05) is 18.2 Å². The van der Waals surface area contributed by atoms with Gasteiger partial charge in [-0.15, -0.1) is 0 Å². The van der Waals surface area contributed by atoms with Crippen molar-refractivity contribution in [3.63, 3.8) is 0 Å². The third-order valence-electron chi connectivity index (χ3n) is 1.80. The van der Waals surface area contributed by atoms with Gasteiger partial charge in [-0.3, -0.25) is 4.79 Å². The number of hydrogen-bond acceptors (Lipinski definition) is 3. The van der Waals surface area contributed by atoms with Gasteiger partial charge >= 0.3 is 0 Å². The molecule has 0 bridgehead atoms. The lowest BCUT2D eigenvalue weighted by molar-refractivity contribution is -0.113. The van der Waals surface area contributed by atoms with Gasteiger partial charge < -0.3 is 4.74 Å². The predicted octanol–water partition coefficient (Wildman–Crippen LogP) is 1.95. The molecule has 0 spiro atoms. The van der Waals surface area contributed by atoms with Gasteiger partial charge in [0.05, 0.1) is 0 Å². The lowest BCUT2D eigenvalue weighted by Gasteiger charge is -2.07. The number of carbonyl (C=O) groups excluding carboxylic acids is 1. The smallest absolute Gasteiger partial charge is 0.263 e. The Labute approximate surface area is 81.7 Å². The highest BCUT2D eigenvalue weighted by atomic mass is 16.5. The summed E-state index contributed by atoms with van der Waals surface area (Å²) in [6.45, 7) is 0. The van der Waals surface area contributed by atoms with E-state index in [1.165, 1.54) is 0 Å². The molecule has 1 heterocycles. The van der Waals surface area contributed by atoms with E-state index in [2.05, 4.69) is 4.99 Å². The molecule has 1 aromatic rings. The van der Waals surface area contributed by atoms with E-state index in [9.17, 15) is 4.79 Å². The number of allylic oxidation sites excluding steroid dienone is 1. The molecule has 0 aromatic heterocycles. The maximum Gasteiger partial charge on any atom is 0.263 e. The molecular weight excluding hydrogens is 178 g/mol. The molecule has 1 aliphatic rings. The van der Waals surface area contributed by atoms with Crippen LogP contribution in [0.4, 0.5) is 0 Å². The van der Waals surface area contributed by atoms with E-state index in [0.717, 1.165) is 0 Å². The number of para-hydroxylation sites is 1. The van der Waals surface area contributed by atoms with E-state index < -0.39 is 0 Å². The van der Waals surface area contributed by atoms with E-state index in [4.69, 9.17) is 4.74 Å². The zero-order chi connectivity index (χ0) is 9.80. The van der Waals surface area contributed by atoms with Crippen LogP contribution in [0.1, 0.15) is 6.42 Å². The van der Waals surface area contributed by atoms with E-state index in [-0.39, 0.29) is 11.7 Å². The monoisotopic (exact) mass is 187 g/mol. The number of hydrogen-bond donors (Lipinski definition) is 0. The van der Waals surface area contributed by atoms with Crippen LogP contribution in [0.15, 0.2) is 47.6 Å². The molecule has 0 saturated heterocycles. The Morgan fingerprint density at radius 1 is 1.21 bits per heavy atom. The van der Waals surface area contributed by atoms with Crippen molar-refractivity contribution >= 4 is 11.7 Å². The molecule has 2 rings (SSSR count). The molecule has 0 atom stereocenters. The molecule has 1 aliphatic heterocycles. The highest BCUT2D eigenvalue weighted by Crippen LogP contribution is 2.11. The van der Waals surface area contributed by atoms with Crippen molar-refractivity contribution in [1.29, 1.82) is 0 Å². The van der Waals surface area contributed by atoms with Crippen molar-refractivity contribution in [1.82, 2.24) is 0 Å². The Hall–Kier alpha value is -1.90. The molecular formula is C11H9NO2. The van der Waals surface area contributed by atoms with Crippen molar-refractivity contribution in [3.05, 3.63) is 42.6 Å². The minimum absolute atomic E-state index is 0.0867. The van der Waals surface area contributed by atoms with Crippen molar-refractivity contribution in [2.24, 2.45) is 4.99 Å². The van der Waals surface area contributed by atoms with Gasteiger partial charge in [0.15, 0.2) is 0 Å². The lowest BCUT2D eigenvalue weighted by Crippen LogP contribution is -2.21. The van der Waals surface area contributed by atoms with Crippen molar-refractivity contribution in [2.75, 3.05) is 0 Å². The SMILES string of the molecule is O=C1CC=CN=C1Oc1ccccc1. The summed E-state index contributed by atoms with van der Waals surface area (Å²) in [6, 6.07) is 9.15. The molecule has 0 N–H and O–H groups in total. The third kappa shape index (κ3) is 1.88. The second-order valence-corrected chi connectivity index (χ2v) is 2.86. The molecule has 0 unspecified atom stereocenters. The molecule has 0 radical (unpaired) electrons. The highest BCUT2D eigenvalue weighted by Gasteiger charge is 2.14. The summed E-state index contributed by atoms with van der Waals surface area (Å²) in [5.41, 5.74) is 0. The van der Waals surface area contributed by atoms with Gasteiger partial charge in [-0.1, -0.05) is 24.3 Å². The van der Waals surface area contributed by atoms with Crippen LogP contribution in [0.3, 0.4) is 0 Å². The van der Waals surface area contributed by atoms with Crippen LogP contribution in [0.5, 0.6) is 5.75 Å². The Morgan fingerprint density at radius 3 is 2.71 bits per heavy atom. The summed E-state index contributed by atoms with van der Waals surface area (Å²) < 4.78 is 5.32. The number of carbonyl (C=O) groups is 1. The molecule has 0 aliphatic carbocycles. The fourth-order valence-electron chi connectivity index (χ4n) is 1.12. The summed E-state index contributed by atoms with van der Waals surface area (Å²) in [5.74, 6) is 0.713. The molecule has 0 fully saturated rings. The molecule has 70 valence electrons. The van der Waals surface area contributed by atoms with Gasteiger partial charge in [-0.25, -0.2) is 4.99 Å². The molecule has 1 aromatic carbocycles. The lowest BCUT2D eigenvalue weighted by atomic mass is 10.2. The predicted molar refractivity (Wildman–Crippen MR) is 53.3 cm³/mol. The number of benzene rings is 1. The van der Waals surface area contributed by atoms with Gasteiger partial charge in [0.1, 0.15) is 5.75 Å². The first-order chi connectivity index (χ1) is 6.86. The average molecular weight is 187 g/mol. The molecule has 3 nitrogen and oxygen atoms in total. The topological polar surface area (TPSA) is 38.7 Å². The van der Waals surface area contributed by atoms with E-state index in [0.29, 0.717) is 12.2 Å². The van der Waals surface area contributed by atoms with Gasteiger partial charge in [0, 0.05) is 12.6 Å². The first-order valence-electron chi connectivity index (χ1n) is 4.35. The number of ether oxygens (including phenoxy) is 1. The second kappa shape index (κ2) is 3.87. The van der Waals surface area contributed by atoms with Gasteiger partial charge in [-0.2, -0.15) is 0 Å². The molecule has 0 amide bonds. The fourth-order valence-corrected chi connectivity index (χ4v) is 1.12. The zero-order valence-corrected chi connectivity index (χ0v) is 7.51. The molecule has 14 heavy (non-hydrogen) atoms. The van der Waals surface area contributed by atoms with Crippen LogP contribution in [-0.2, 0) is 4.79 Å². The number of nitrogens with zero attached hydrogens (tertiary/aromatic N) is 1. The maximum absolute atomic E-state index is 11.3. The normalized spacial score (nSPS) is 15.1. The number of Topliss-reactive ketones (excluding diaryl/α,β-unsaturated/α-hetero) is 1. The molecule has 0 saturated carbocycles. The summed E-state index contributed by atoms with van der Waals surface area (Å²) >= 11 is 0. The molecule has 3 heteroatoms. The number of aliphatic imine (C=N–C) groups is 1. The summed E-state index contributed by atoms with van der Waals surface area (Å²) in [4.78, 5) is 15.2. The zero-order valence-electron chi connectivity index (χ0n) is 7.51. The Balaban J connectivity index is 2.15. The average Bonchev–Trinajstić information content (AvgIpc) is 2.23. The van der Waals surface area contributed by atoms with Crippen LogP contribution >= 0.6 is 0 Å². The van der Waals surface area contributed by atoms with Crippen molar-refractivity contribution < 1.29 is 9.53 Å². The second-order valence-electron chi connectivity index (χ2n) is 2.86. The Kier molecular flexibility index (Phi) is 2.40. The quantitative estimate of drug-likeness (QED) is 0.674. The summed E-state index contributed by atoms with van der Waals surface area (Å²) in [6.07, 6.45) is 3.66. The number of rotatable bonds is 1. The minimum Gasteiger partial charge on any atom is -0.436 e. The summed E-state index contributed by atoms with van der Waals surface area (Å²) in [7, 11) is 0. The van der Waals surface area contributed by atoms with Crippen LogP contribution in [0.2, 0.25) is 0 Å². The first-order valence-corrected chi connectivity index (χ1v) is 4.35. The largest absolute Gasteiger partial charge is 0.436 e. The van der Waals surface area contributed by atoms with Crippen molar-refractivity contribution in [2.45, 2.75) is 6.42 Å². The Bertz CT molecular complexity index is 393. The maximum atomic E-state index is 11.3. The Morgan fingerprint density at radius 2 is 2.00 bits per heavy atom. The minimum atomic E-state index is -0.0867. The van der Waals surface area contributed by atoms with Crippen LogP contribution in [-0.4, -0.2) is 11.7 Å². The van der Waals surface area contributed by atoms with Gasteiger partial charge in [0.25, 0.3) is 5.90 Å². The van der Waals surface area contributed by atoms with Gasteiger partial charge in [-0.05, 0) is 12.1 Å². The van der Waals surface area contributed by atoms with Crippen LogP contribution in [0.25, 0.3) is 0 Å². The highest BCUT2D eigenvalue weighted by molar-refractivity contribution is 6.37. The standard InChI is InChI=1S/C11H9NO2/c13-10-7-4-8-12-11(10)14-9-5-2-1-3-6-9/h1-6,8H,7H2. The van der Waals surface area contributed by atoms with Crippen LogP contribution < -0.4 is 4.74 Å². The van der Waals surface area contributed by atoms with Crippen molar-refractivity contribution in [3.8, 4) is 5.75 Å². The van der Waals surface area contributed by atoms with Crippen LogP contribution in [0, 0.1) is 0 Å². The third-order valence-corrected chi connectivity index (χ3v) is 1.80. The van der Waals surface area contributed by atoms with Gasteiger partial charge in [0.2, 0.25) is 5.78 Å². The number of ketones is 1. The first kappa shape index (κ1) is 8.69. The van der Waals surface area contributed by atoms with E-state index >= 15 is 0 Å². The summed E-state index contributed by atoms with van der Waals surface area (Å²) in [5, 5.41) is 0. The fraction of sp³-hybridized carbons (Fsp3) is 0.0909.